The van der Waals surface area contributed by atoms with Crippen molar-refractivity contribution >= 4 is 0 Å². The van der Waals surface area contributed by atoms with E-state index in [0.29, 0.717) is 5.92 Å². The molecule has 0 amide bonds. The third-order valence-corrected chi connectivity index (χ3v) is 8.29. The molecule has 0 aromatic heterocycles. The molecule has 190 valence electrons. The van der Waals surface area contributed by atoms with Crippen LogP contribution in [-0.2, 0) is 22.3 Å². The Morgan fingerprint density at radius 3 is 1.86 bits per heavy atom. The molecule has 1 aliphatic carbocycles. The molecule has 0 bridgehead atoms. The van der Waals surface area contributed by atoms with E-state index in [0.717, 1.165) is 44.3 Å². The predicted octanol–water partition coefficient (Wildman–Crippen LogP) is 8.78. The van der Waals surface area contributed by atoms with Crippen LogP contribution in [-0.4, -0.2) is 19.5 Å². The third kappa shape index (κ3) is 8.05. The molecule has 1 heterocycles. The summed E-state index contributed by atoms with van der Waals surface area (Å²) in [4.78, 5) is 0. The van der Waals surface area contributed by atoms with Crippen LogP contribution >= 0.6 is 0 Å². The molecular weight excluding hydrogens is 428 g/mol. The molecule has 2 aromatic carbocycles. The highest BCUT2D eigenvalue weighted by Gasteiger charge is 2.31. The number of hydrogen-bond donors (Lipinski definition) is 0. The van der Waals surface area contributed by atoms with Crippen LogP contribution < -0.4 is 0 Å². The maximum absolute atomic E-state index is 6.15. The highest BCUT2D eigenvalue weighted by Crippen LogP contribution is 2.37. The number of ether oxygens (including phenoxy) is 2. The predicted molar refractivity (Wildman–Crippen MR) is 147 cm³/mol. The maximum Gasteiger partial charge on any atom is 0.157 e. The van der Waals surface area contributed by atoms with Gasteiger partial charge < -0.3 is 9.47 Å². The Morgan fingerprint density at radius 2 is 1.31 bits per heavy atom. The van der Waals surface area contributed by atoms with Gasteiger partial charge in [-0.25, -0.2) is 0 Å². The Balaban J connectivity index is 1.13. The fourth-order valence-electron chi connectivity index (χ4n) is 5.88. The third-order valence-electron chi connectivity index (χ3n) is 8.29. The molecule has 1 saturated carbocycles. The SMILES string of the molecule is C=CCCC1CCC(C2COC(CCCc3ccc(-c4ccc(CCCC)cc4)cc3)OC2)CC1. The minimum Gasteiger partial charge on any atom is -0.352 e. The summed E-state index contributed by atoms with van der Waals surface area (Å²) in [6, 6.07) is 18.2. The number of unbranched alkanes of at least 4 members (excludes halogenated alkanes) is 1. The van der Waals surface area contributed by atoms with E-state index in [2.05, 4.69) is 68.1 Å². The van der Waals surface area contributed by atoms with Crippen LogP contribution in [0.15, 0.2) is 61.2 Å². The van der Waals surface area contributed by atoms with Crippen molar-refractivity contribution in [1.82, 2.24) is 0 Å². The van der Waals surface area contributed by atoms with Crippen molar-refractivity contribution in [2.75, 3.05) is 13.2 Å². The van der Waals surface area contributed by atoms with Gasteiger partial charge in [0.25, 0.3) is 0 Å². The Labute approximate surface area is 214 Å². The van der Waals surface area contributed by atoms with Crippen molar-refractivity contribution in [2.24, 2.45) is 17.8 Å². The molecule has 2 aliphatic rings. The molecule has 2 aromatic rings. The summed E-state index contributed by atoms with van der Waals surface area (Å²) in [5.41, 5.74) is 5.45. The van der Waals surface area contributed by atoms with Crippen LogP contribution in [0.4, 0.5) is 0 Å². The van der Waals surface area contributed by atoms with Gasteiger partial charge in [-0.1, -0.05) is 80.8 Å². The molecule has 35 heavy (non-hydrogen) atoms. The van der Waals surface area contributed by atoms with Gasteiger partial charge in [0.05, 0.1) is 13.2 Å². The highest BCUT2D eigenvalue weighted by molar-refractivity contribution is 5.64. The van der Waals surface area contributed by atoms with E-state index < -0.39 is 0 Å². The van der Waals surface area contributed by atoms with Gasteiger partial charge >= 0.3 is 0 Å². The Bertz CT molecular complexity index is 853. The van der Waals surface area contributed by atoms with Crippen molar-refractivity contribution in [1.29, 1.82) is 0 Å². The van der Waals surface area contributed by atoms with Gasteiger partial charge in [-0.05, 0) is 91.9 Å². The second kappa shape index (κ2) is 14.0. The quantitative estimate of drug-likeness (QED) is 0.286. The summed E-state index contributed by atoms with van der Waals surface area (Å²) in [5, 5.41) is 0. The number of rotatable bonds is 12. The molecule has 2 nitrogen and oxygen atoms in total. The summed E-state index contributed by atoms with van der Waals surface area (Å²) in [6.07, 6.45) is 16.9. The van der Waals surface area contributed by atoms with Crippen LogP contribution in [0, 0.1) is 17.8 Å². The molecule has 4 rings (SSSR count). The van der Waals surface area contributed by atoms with Gasteiger partial charge in [-0.15, -0.1) is 6.58 Å². The molecule has 2 fully saturated rings. The summed E-state index contributed by atoms with van der Waals surface area (Å²) in [6.45, 7) is 7.89. The maximum atomic E-state index is 6.15. The van der Waals surface area contributed by atoms with E-state index in [1.54, 1.807) is 0 Å². The first kappa shape index (κ1) is 26.2. The van der Waals surface area contributed by atoms with E-state index >= 15 is 0 Å². The van der Waals surface area contributed by atoms with Crippen molar-refractivity contribution in [2.45, 2.75) is 90.3 Å². The van der Waals surface area contributed by atoms with Crippen LogP contribution in [0.25, 0.3) is 11.1 Å². The number of aryl methyl sites for hydroxylation is 2. The summed E-state index contributed by atoms with van der Waals surface area (Å²) >= 11 is 0. The molecule has 0 unspecified atom stereocenters. The number of benzene rings is 2. The first-order valence-electron chi connectivity index (χ1n) is 14.3. The minimum absolute atomic E-state index is 0.0133. The standard InChI is InChI=1S/C33H46O2/c1-3-5-8-26-12-18-29(19-13-26)30-20-14-28(15-21-30)10-7-11-33-34-24-32(25-35-33)31-22-16-27(17-23-31)9-6-4-2/h4,12-15,18-21,27,31-33H,2-3,5-11,16-17,22-25H2,1H3. The summed E-state index contributed by atoms with van der Waals surface area (Å²) in [7, 11) is 0. The minimum atomic E-state index is -0.0133. The van der Waals surface area contributed by atoms with Gasteiger partial charge in [-0.3, -0.25) is 0 Å². The van der Waals surface area contributed by atoms with Crippen LogP contribution in [0.1, 0.15) is 82.3 Å². The van der Waals surface area contributed by atoms with Gasteiger partial charge in [0, 0.05) is 5.92 Å². The van der Waals surface area contributed by atoms with Crippen LogP contribution in [0.3, 0.4) is 0 Å². The summed E-state index contributed by atoms with van der Waals surface area (Å²) in [5.74, 6) is 2.30. The van der Waals surface area contributed by atoms with E-state index in [1.807, 2.05) is 0 Å². The lowest BCUT2D eigenvalue weighted by Crippen LogP contribution is -2.37. The zero-order chi connectivity index (χ0) is 24.3. The van der Waals surface area contributed by atoms with Gasteiger partial charge in [0.2, 0.25) is 0 Å². The average Bonchev–Trinajstić information content (AvgIpc) is 2.92. The molecule has 0 N–H and O–H groups in total. The molecule has 1 saturated heterocycles. The van der Waals surface area contributed by atoms with Crippen LogP contribution in [0.5, 0.6) is 0 Å². The molecule has 1 aliphatic heterocycles. The van der Waals surface area contributed by atoms with Crippen molar-refractivity contribution < 1.29 is 9.47 Å². The normalized spacial score (nSPS) is 24.8. The largest absolute Gasteiger partial charge is 0.352 e. The lowest BCUT2D eigenvalue weighted by molar-refractivity contribution is -0.212. The smallest absolute Gasteiger partial charge is 0.157 e. The summed E-state index contributed by atoms with van der Waals surface area (Å²) < 4.78 is 12.3. The molecule has 0 atom stereocenters. The van der Waals surface area contributed by atoms with Gasteiger partial charge in [0.1, 0.15) is 0 Å². The van der Waals surface area contributed by atoms with Crippen molar-refractivity contribution in [3.63, 3.8) is 0 Å². The van der Waals surface area contributed by atoms with E-state index in [4.69, 9.17) is 9.47 Å². The monoisotopic (exact) mass is 474 g/mol. The second-order valence-electron chi connectivity index (χ2n) is 10.9. The highest BCUT2D eigenvalue weighted by atomic mass is 16.7. The van der Waals surface area contributed by atoms with E-state index in [9.17, 15) is 0 Å². The topological polar surface area (TPSA) is 18.5 Å². The van der Waals surface area contributed by atoms with Crippen molar-refractivity contribution in [3.8, 4) is 11.1 Å². The lowest BCUT2D eigenvalue weighted by Gasteiger charge is -2.37. The molecule has 2 heteroatoms. The van der Waals surface area contributed by atoms with E-state index in [1.165, 1.54) is 80.0 Å². The molecule has 0 spiro atoms. The first-order chi connectivity index (χ1) is 17.2. The average molecular weight is 475 g/mol. The fourth-order valence-corrected chi connectivity index (χ4v) is 5.88. The number of hydrogen-bond acceptors (Lipinski definition) is 2. The number of allylic oxidation sites excluding steroid dienone is 1. The lowest BCUT2D eigenvalue weighted by atomic mass is 9.75. The van der Waals surface area contributed by atoms with Gasteiger partial charge in [0.15, 0.2) is 6.29 Å². The fraction of sp³-hybridized carbons (Fsp3) is 0.576. The molecule has 0 radical (unpaired) electrons. The second-order valence-corrected chi connectivity index (χ2v) is 10.9. The van der Waals surface area contributed by atoms with E-state index in [-0.39, 0.29) is 6.29 Å². The Morgan fingerprint density at radius 1 is 0.743 bits per heavy atom. The first-order valence-corrected chi connectivity index (χ1v) is 14.3. The Kier molecular flexibility index (Phi) is 10.5. The zero-order valence-electron chi connectivity index (χ0n) is 21.9. The van der Waals surface area contributed by atoms with Gasteiger partial charge in [-0.2, -0.15) is 0 Å². The van der Waals surface area contributed by atoms with Crippen molar-refractivity contribution in [3.05, 3.63) is 72.3 Å². The molecular formula is C33H46O2. The Hall–Kier alpha value is -1.90. The zero-order valence-corrected chi connectivity index (χ0v) is 21.9. The van der Waals surface area contributed by atoms with Crippen LogP contribution in [0.2, 0.25) is 0 Å².